The van der Waals surface area contributed by atoms with E-state index in [1.54, 1.807) is 0 Å². The molecule has 84 valence electrons. The Morgan fingerprint density at radius 3 is 2.47 bits per heavy atom. The van der Waals surface area contributed by atoms with Crippen molar-refractivity contribution in [3.63, 3.8) is 0 Å². The molecule has 0 radical (unpaired) electrons. The van der Waals surface area contributed by atoms with Crippen LogP contribution in [-0.4, -0.2) is 42.5 Å². The van der Waals surface area contributed by atoms with Gasteiger partial charge in [0.15, 0.2) is 0 Å². The molecule has 5 heteroatoms. The van der Waals surface area contributed by atoms with Crippen molar-refractivity contribution in [3.05, 3.63) is 0 Å². The van der Waals surface area contributed by atoms with Gasteiger partial charge in [0.2, 0.25) is 0 Å². The molecule has 0 aromatic rings. The number of rotatable bonds is 1. The summed E-state index contributed by atoms with van der Waals surface area (Å²) in [6, 6.07) is 0. The van der Waals surface area contributed by atoms with Crippen LogP contribution >= 0.6 is 0 Å². The molecule has 2 saturated heterocycles. The first kappa shape index (κ1) is 9.51. The van der Waals surface area contributed by atoms with Crippen LogP contribution in [0.4, 0.5) is 8.78 Å². The first-order chi connectivity index (χ1) is 6.96. The van der Waals surface area contributed by atoms with Gasteiger partial charge >= 0.3 is 5.97 Å². The summed E-state index contributed by atoms with van der Waals surface area (Å²) in [6.07, 6.45) is 0.881. The third-order valence-electron chi connectivity index (χ3n) is 4.30. The summed E-state index contributed by atoms with van der Waals surface area (Å²) in [5, 5.41) is 0. The summed E-state index contributed by atoms with van der Waals surface area (Å²) in [5.74, 6) is -2.90. The van der Waals surface area contributed by atoms with E-state index in [-0.39, 0.29) is 18.8 Å². The van der Waals surface area contributed by atoms with Crippen LogP contribution in [-0.2, 0) is 9.53 Å². The van der Waals surface area contributed by atoms with E-state index < -0.39 is 16.9 Å². The van der Waals surface area contributed by atoms with Crippen LogP contribution in [0.3, 0.4) is 0 Å². The number of fused-ring (bicyclic) bond motifs is 1. The summed E-state index contributed by atoms with van der Waals surface area (Å²) in [5.41, 5.74) is -1.63. The van der Waals surface area contributed by atoms with Crippen molar-refractivity contribution in [3.8, 4) is 0 Å². The maximum absolute atomic E-state index is 13.2. The largest absolute Gasteiger partial charge is 0.468 e. The molecule has 2 heterocycles. The summed E-state index contributed by atoms with van der Waals surface area (Å²) in [4.78, 5) is 13.5. The van der Waals surface area contributed by atoms with Gasteiger partial charge in [0, 0.05) is 19.5 Å². The number of alkyl halides is 2. The Kier molecular flexibility index (Phi) is 1.48. The molecule has 0 unspecified atom stereocenters. The number of carbonyl (C=O) groups excluding carboxylic acids is 1. The fraction of sp³-hybridized carbons (Fsp3) is 0.900. The number of nitrogens with zero attached hydrogens (tertiary/aromatic N) is 1. The minimum absolute atomic E-state index is 0.0603. The molecule has 0 aromatic carbocycles. The molecule has 1 saturated carbocycles. The molecule has 2 atom stereocenters. The molecule has 2 aliphatic heterocycles. The third-order valence-corrected chi connectivity index (χ3v) is 4.30. The maximum Gasteiger partial charge on any atom is 0.326 e. The molecule has 0 amide bonds. The number of esters is 1. The summed E-state index contributed by atoms with van der Waals surface area (Å²) < 4.78 is 31.2. The highest BCUT2D eigenvalue weighted by molar-refractivity contribution is 5.83. The highest BCUT2D eigenvalue weighted by atomic mass is 19.3. The zero-order valence-electron chi connectivity index (χ0n) is 8.56. The summed E-state index contributed by atoms with van der Waals surface area (Å²) in [7, 11) is 1.32. The van der Waals surface area contributed by atoms with Crippen molar-refractivity contribution < 1.29 is 18.3 Å². The summed E-state index contributed by atoms with van der Waals surface area (Å²) in [6.45, 7) is 1.10. The van der Waals surface area contributed by atoms with Gasteiger partial charge in [-0.15, -0.1) is 0 Å². The van der Waals surface area contributed by atoms with Crippen molar-refractivity contribution >= 4 is 5.97 Å². The fourth-order valence-corrected chi connectivity index (χ4v) is 3.19. The molecule has 0 aromatic heterocycles. The van der Waals surface area contributed by atoms with Gasteiger partial charge in [-0.3, -0.25) is 9.69 Å². The molecule has 3 rings (SSSR count). The van der Waals surface area contributed by atoms with Crippen molar-refractivity contribution in [1.29, 1.82) is 0 Å². The predicted octanol–water partition coefficient (Wildman–Crippen LogP) is 1.03. The van der Waals surface area contributed by atoms with Crippen LogP contribution < -0.4 is 0 Å². The van der Waals surface area contributed by atoms with Gasteiger partial charge in [-0.25, -0.2) is 8.78 Å². The van der Waals surface area contributed by atoms with Gasteiger partial charge in [0.1, 0.15) is 5.54 Å². The Morgan fingerprint density at radius 2 is 2.07 bits per heavy atom. The second-order valence-corrected chi connectivity index (χ2v) is 5.03. The van der Waals surface area contributed by atoms with Crippen LogP contribution in [0.25, 0.3) is 0 Å². The number of carbonyl (C=O) groups is 1. The van der Waals surface area contributed by atoms with Crippen LogP contribution in [0, 0.1) is 5.41 Å². The summed E-state index contributed by atoms with van der Waals surface area (Å²) >= 11 is 0. The number of hydrogen-bond acceptors (Lipinski definition) is 3. The first-order valence-corrected chi connectivity index (χ1v) is 5.17. The van der Waals surface area contributed by atoms with Gasteiger partial charge in [-0.2, -0.15) is 0 Å². The zero-order valence-corrected chi connectivity index (χ0v) is 8.56. The van der Waals surface area contributed by atoms with E-state index in [2.05, 4.69) is 0 Å². The second kappa shape index (κ2) is 2.34. The fourth-order valence-electron chi connectivity index (χ4n) is 3.19. The van der Waals surface area contributed by atoms with Crippen LogP contribution in [0.1, 0.15) is 19.3 Å². The van der Waals surface area contributed by atoms with E-state index in [0.29, 0.717) is 13.0 Å². The Balaban J connectivity index is 1.87. The van der Waals surface area contributed by atoms with Crippen LogP contribution in [0.5, 0.6) is 0 Å². The molecular weight excluding hydrogens is 204 g/mol. The average molecular weight is 217 g/mol. The first-order valence-electron chi connectivity index (χ1n) is 5.17. The monoisotopic (exact) mass is 217 g/mol. The smallest absolute Gasteiger partial charge is 0.326 e. The number of ether oxygens (including phenoxy) is 1. The molecule has 1 spiro atoms. The normalized spacial score (nSPS) is 46.1. The van der Waals surface area contributed by atoms with Gasteiger partial charge in [-0.05, 0) is 12.8 Å². The number of hydrogen-bond donors (Lipinski definition) is 0. The zero-order chi connectivity index (χ0) is 10.9. The number of halogens is 2. The molecule has 0 N–H and O–H groups in total. The van der Waals surface area contributed by atoms with E-state index in [9.17, 15) is 13.6 Å². The van der Waals surface area contributed by atoms with Gasteiger partial charge in [0.25, 0.3) is 5.92 Å². The van der Waals surface area contributed by atoms with Gasteiger partial charge in [-0.1, -0.05) is 0 Å². The van der Waals surface area contributed by atoms with Crippen molar-refractivity contribution in [1.82, 2.24) is 4.90 Å². The average Bonchev–Trinajstić information content (AvgIpc) is 2.61. The minimum atomic E-state index is -2.56. The maximum atomic E-state index is 13.2. The van der Waals surface area contributed by atoms with Crippen molar-refractivity contribution in [2.24, 2.45) is 5.41 Å². The Hall–Kier alpha value is -0.710. The van der Waals surface area contributed by atoms with E-state index in [1.165, 1.54) is 7.11 Å². The van der Waals surface area contributed by atoms with Gasteiger partial charge in [0.05, 0.1) is 12.5 Å². The Labute approximate surface area is 86.4 Å². The van der Waals surface area contributed by atoms with E-state index in [1.807, 2.05) is 4.90 Å². The molecular formula is C10H13F2NO2. The van der Waals surface area contributed by atoms with Gasteiger partial charge < -0.3 is 4.74 Å². The molecule has 0 bridgehead atoms. The lowest BCUT2D eigenvalue weighted by Crippen LogP contribution is -2.61. The number of methoxy groups -OCH3 is 1. The Bertz CT molecular complexity index is 346. The quantitative estimate of drug-likeness (QED) is 0.614. The van der Waals surface area contributed by atoms with E-state index in [0.717, 1.165) is 6.54 Å². The Morgan fingerprint density at radius 1 is 1.40 bits per heavy atom. The van der Waals surface area contributed by atoms with E-state index >= 15 is 0 Å². The standard InChI is InChI=1S/C10H13F2NO2/c1-15-7(14)9-2-3-13(9)6-8(4-9)5-10(8,11)12/h2-6H2,1H3/t8-,9+/m1/s1. The third kappa shape index (κ3) is 0.904. The highest BCUT2D eigenvalue weighted by Crippen LogP contribution is 2.70. The molecule has 3 nitrogen and oxygen atoms in total. The lowest BCUT2D eigenvalue weighted by Gasteiger charge is -2.45. The lowest BCUT2D eigenvalue weighted by molar-refractivity contribution is -0.161. The van der Waals surface area contributed by atoms with E-state index in [4.69, 9.17) is 4.74 Å². The van der Waals surface area contributed by atoms with Crippen LogP contribution in [0.2, 0.25) is 0 Å². The van der Waals surface area contributed by atoms with Crippen LogP contribution in [0.15, 0.2) is 0 Å². The minimum Gasteiger partial charge on any atom is -0.468 e. The molecule has 3 aliphatic rings. The highest BCUT2D eigenvalue weighted by Gasteiger charge is 2.79. The van der Waals surface area contributed by atoms with Crippen molar-refractivity contribution in [2.45, 2.75) is 30.7 Å². The topological polar surface area (TPSA) is 29.5 Å². The molecule has 1 aliphatic carbocycles. The second-order valence-electron chi connectivity index (χ2n) is 5.03. The SMILES string of the molecule is COC(=O)[C@@]12CCN1C[C@]1(CC1(F)F)C2. The molecule has 15 heavy (non-hydrogen) atoms. The predicted molar refractivity (Wildman–Crippen MR) is 47.6 cm³/mol. The van der Waals surface area contributed by atoms with Crippen molar-refractivity contribution in [2.75, 3.05) is 20.2 Å². The lowest BCUT2D eigenvalue weighted by atomic mass is 9.82. The molecule has 3 fully saturated rings.